The van der Waals surface area contributed by atoms with Crippen LogP contribution >= 0.6 is 23.2 Å². The molecule has 0 aliphatic heterocycles. The van der Waals surface area contributed by atoms with Crippen molar-refractivity contribution >= 4 is 29.1 Å². The SMILES string of the molecule is CCC(Oc1ccc(Cl)cc1Cl)C(=O)NC(C#N)c1ccc(F)cc1. The number of carbonyl (C=O) groups is 1. The van der Waals surface area contributed by atoms with Crippen LogP contribution in [0, 0.1) is 17.1 Å². The summed E-state index contributed by atoms with van der Waals surface area (Å²) in [6, 6.07) is 11.1. The van der Waals surface area contributed by atoms with Crippen molar-refractivity contribution in [2.75, 3.05) is 0 Å². The molecular weight excluding hydrogens is 366 g/mol. The summed E-state index contributed by atoms with van der Waals surface area (Å²) in [5.41, 5.74) is 0.483. The molecule has 0 radical (unpaired) electrons. The third-order valence-electron chi connectivity index (χ3n) is 3.45. The summed E-state index contributed by atoms with van der Waals surface area (Å²) in [5, 5.41) is 12.6. The predicted molar refractivity (Wildman–Crippen MR) is 94.1 cm³/mol. The third kappa shape index (κ3) is 5.09. The highest BCUT2D eigenvalue weighted by molar-refractivity contribution is 6.35. The Kier molecular flexibility index (Phi) is 6.63. The average Bonchev–Trinajstić information content (AvgIpc) is 2.59. The number of benzene rings is 2. The van der Waals surface area contributed by atoms with E-state index < -0.39 is 23.9 Å². The standard InChI is InChI=1S/C18H15Cl2FN2O2/c1-2-16(25-17-8-5-12(19)9-14(17)20)18(24)23-15(10-22)11-3-6-13(21)7-4-11/h3-9,15-16H,2H2,1H3,(H,23,24). The maximum atomic E-state index is 13.0. The number of nitrogens with zero attached hydrogens (tertiary/aromatic N) is 1. The van der Waals surface area contributed by atoms with Gasteiger partial charge in [0, 0.05) is 5.02 Å². The van der Waals surface area contributed by atoms with E-state index in [1.807, 2.05) is 6.07 Å². The summed E-state index contributed by atoms with van der Waals surface area (Å²) in [4.78, 5) is 12.4. The van der Waals surface area contributed by atoms with Crippen LogP contribution in [0.15, 0.2) is 42.5 Å². The molecule has 0 saturated heterocycles. The van der Waals surface area contributed by atoms with E-state index in [0.29, 0.717) is 22.8 Å². The number of amides is 1. The van der Waals surface area contributed by atoms with E-state index in [1.165, 1.54) is 30.3 Å². The lowest BCUT2D eigenvalue weighted by Crippen LogP contribution is -2.39. The number of rotatable bonds is 6. The van der Waals surface area contributed by atoms with Crippen LogP contribution in [-0.2, 0) is 4.79 Å². The fraction of sp³-hybridized carbons (Fsp3) is 0.222. The number of hydrogen-bond acceptors (Lipinski definition) is 3. The summed E-state index contributed by atoms with van der Waals surface area (Å²) in [5.74, 6) is -0.563. The predicted octanol–water partition coefficient (Wildman–Crippen LogP) is 4.67. The van der Waals surface area contributed by atoms with Crippen LogP contribution < -0.4 is 10.1 Å². The minimum Gasteiger partial charge on any atom is -0.479 e. The fourth-order valence-electron chi connectivity index (χ4n) is 2.13. The van der Waals surface area contributed by atoms with Crippen LogP contribution in [0.4, 0.5) is 4.39 Å². The molecule has 0 bridgehead atoms. The summed E-state index contributed by atoms with van der Waals surface area (Å²) in [7, 11) is 0. The number of ether oxygens (including phenoxy) is 1. The van der Waals surface area contributed by atoms with Crippen molar-refractivity contribution in [1.82, 2.24) is 5.32 Å². The first-order valence-corrected chi connectivity index (χ1v) is 8.27. The molecule has 7 heteroatoms. The second kappa shape index (κ2) is 8.70. The maximum Gasteiger partial charge on any atom is 0.262 e. The lowest BCUT2D eigenvalue weighted by Gasteiger charge is -2.20. The van der Waals surface area contributed by atoms with Gasteiger partial charge in [0.05, 0.1) is 11.1 Å². The molecule has 0 saturated carbocycles. The van der Waals surface area contributed by atoms with E-state index >= 15 is 0 Å². The second-order valence-corrected chi connectivity index (χ2v) is 6.06. The zero-order valence-corrected chi connectivity index (χ0v) is 14.8. The molecule has 2 aromatic rings. The Balaban J connectivity index is 2.10. The molecule has 2 rings (SSSR count). The smallest absolute Gasteiger partial charge is 0.262 e. The lowest BCUT2D eigenvalue weighted by atomic mass is 10.1. The first-order chi connectivity index (χ1) is 11.9. The van der Waals surface area contributed by atoms with E-state index in [1.54, 1.807) is 19.1 Å². The van der Waals surface area contributed by atoms with Gasteiger partial charge in [0.1, 0.15) is 17.6 Å². The Bertz CT molecular complexity index is 791. The molecule has 0 aromatic heterocycles. The van der Waals surface area contributed by atoms with Gasteiger partial charge in [0.25, 0.3) is 5.91 Å². The number of nitriles is 1. The minimum atomic E-state index is -0.911. The summed E-state index contributed by atoms with van der Waals surface area (Å²) >= 11 is 11.9. The van der Waals surface area contributed by atoms with Crippen LogP contribution in [0.3, 0.4) is 0 Å². The van der Waals surface area contributed by atoms with Crippen LogP contribution in [0.5, 0.6) is 5.75 Å². The number of carbonyl (C=O) groups excluding carboxylic acids is 1. The van der Waals surface area contributed by atoms with Crippen molar-refractivity contribution in [3.05, 3.63) is 63.9 Å². The largest absolute Gasteiger partial charge is 0.479 e. The summed E-state index contributed by atoms with van der Waals surface area (Å²) < 4.78 is 18.6. The van der Waals surface area contributed by atoms with E-state index in [9.17, 15) is 14.4 Å². The Hall–Kier alpha value is -2.29. The second-order valence-electron chi connectivity index (χ2n) is 5.21. The van der Waals surface area contributed by atoms with Gasteiger partial charge < -0.3 is 10.1 Å². The van der Waals surface area contributed by atoms with Crippen molar-refractivity contribution in [2.45, 2.75) is 25.5 Å². The molecule has 2 aromatic carbocycles. The van der Waals surface area contributed by atoms with Crippen molar-refractivity contribution < 1.29 is 13.9 Å². The van der Waals surface area contributed by atoms with Gasteiger partial charge in [-0.15, -0.1) is 0 Å². The zero-order valence-electron chi connectivity index (χ0n) is 13.3. The highest BCUT2D eigenvalue weighted by atomic mass is 35.5. The Labute approximate surface area is 155 Å². The van der Waals surface area contributed by atoms with Crippen molar-refractivity contribution in [3.8, 4) is 11.8 Å². The van der Waals surface area contributed by atoms with Gasteiger partial charge in [-0.3, -0.25) is 4.79 Å². The molecular formula is C18H15Cl2FN2O2. The van der Waals surface area contributed by atoms with Crippen molar-refractivity contribution in [2.24, 2.45) is 0 Å². The average molecular weight is 381 g/mol. The molecule has 0 spiro atoms. The van der Waals surface area contributed by atoms with Gasteiger partial charge in [0.15, 0.2) is 6.10 Å². The topological polar surface area (TPSA) is 62.1 Å². The highest BCUT2D eigenvalue weighted by Crippen LogP contribution is 2.28. The van der Waals surface area contributed by atoms with Gasteiger partial charge in [-0.25, -0.2) is 4.39 Å². The Morgan fingerprint density at radius 2 is 1.96 bits per heavy atom. The fourth-order valence-corrected chi connectivity index (χ4v) is 2.58. The van der Waals surface area contributed by atoms with Crippen molar-refractivity contribution in [1.29, 1.82) is 5.26 Å². The van der Waals surface area contributed by atoms with Gasteiger partial charge in [0.2, 0.25) is 0 Å². The molecule has 25 heavy (non-hydrogen) atoms. The highest BCUT2D eigenvalue weighted by Gasteiger charge is 2.23. The maximum absolute atomic E-state index is 13.0. The Morgan fingerprint density at radius 1 is 1.28 bits per heavy atom. The van der Waals surface area contributed by atoms with E-state index in [-0.39, 0.29) is 5.02 Å². The first kappa shape index (κ1) is 19.0. The van der Waals surface area contributed by atoms with Gasteiger partial charge in [-0.1, -0.05) is 42.3 Å². The molecule has 1 N–H and O–H groups in total. The van der Waals surface area contributed by atoms with Crippen LogP contribution in [0.25, 0.3) is 0 Å². The number of nitrogens with one attached hydrogen (secondary N) is 1. The molecule has 2 unspecified atom stereocenters. The molecule has 2 atom stereocenters. The molecule has 130 valence electrons. The van der Waals surface area contributed by atoms with E-state index in [2.05, 4.69) is 5.32 Å². The number of halogens is 3. The summed E-state index contributed by atoms with van der Waals surface area (Å²) in [6.07, 6.45) is -0.471. The lowest BCUT2D eigenvalue weighted by molar-refractivity contribution is -0.128. The van der Waals surface area contributed by atoms with Crippen LogP contribution in [-0.4, -0.2) is 12.0 Å². The monoisotopic (exact) mass is 380 g/mol. The zero-order chi connectivity index (χ0) is 18.4. The molecule has 0 heterocycles. The van der Waals surface area contributed by atoms with E-state index in [0.717, 1.165) is 0 Å². The van der Waals surface area contributed by atoms with Gasteiger partial charge in [-0.05, 0) is 42.3 Å². The molecule has 4 nitrogen and oxygen atoms in total. The van der Waals surface area contributed by atoms with Crippen LogP contribution in [0.1, 0.15) is 24.9 Å². The molecule has 1 amide bonds. The van der Waals surface area contributed by atoms with Gasteiger partial charge >= 0.3 is 0 Å². The first-order valence-electron chi connectivity index (χ1n) is 7.51. The Morgan fingerprint density at radius 3 is 2.52 bits per heavy atom. The molecule has 0 aliphatic rings. The third-order valence-corrected chi connectivity index (χ3v) is 3.98. The molecule has 0 fully saturated rings. The van der Waals surface area contributed by atoms with E-state index in [4.69, 9.17) is 27.9 Å². The van der Waals surface area contributed by atoms with Crippen LogP contribution in [0.2, 0.25) is 10.0 Å². The van der Waals surface area contributed by atoms with Crippen molar-refractivity contribution in [3.63, 3.8) is 0 Å². The number of hydrogen-bond donors (Lipinski definition) is 1. The summed E-state index contributed by atoms with van der Waals surface area (Å²) in [6.45, 7) is 1.77. The quantitative estimate of drug-likeness (QED) is 0.791. The minimum absolute atomic E-state index is 0.286. The molecule has 0 aliphatic carbocycles. The normalized spacial score (nSPS) is 12.8. The van der Waals surface area contributed by atoms with Gasteiger partial charge in [-0.2, -0.15) is 5.26 Å².